The van der Waals surface area contributed by atoms with Gasteiger partial charge < -0.3 is 21.3 Å². The van der Waals surface area contributed by atoms with E-state index in [4.69, 9.17) is 0 Å². The lowest BCUT2D eigenvalue weighted by atomic mass is 10.0. The molecular formula is C19H28N4O2. The van der Waals surface area contributed by atoms with Crippen LogP contribution in [0.15, 0.2) is 24.3 Å². The quantitative estimate of drug-likeness (QED) is 0.613. The van der Waals surface area contributed by atoms with Crippen LogP contribution in [-0.4, -0.2) is 31.1 Å². The summed E-state index contributed by atoms with van der Waals surface area (Å²) in [7, 11) is 0. The lowest BCUT2D eigenvalue weighted by molar-refractivity contribution is -0.122. The molecule has 25 heavy (non-hydrogen) atoms. The fourth-order valence-electron chi connectivity index (χ4n) is 3.13. The molecule has 6 nitrogen and oxygen atoms in total. The minimum absolute atomic E-state index is 0.0384. The van der Waals surface area contributed by atoms with Gasteiger partial charge in [-0.05, 0) is 69.3 Å². The van der Waals surface area contributed by atoms with Gasteiger partial charge in [-0.25, -0.2) is 4.79 Å². The Morgan fingerprint density at radius 1 is 1.20 bits per heavy atom. The molecule has 1 aliphatic carbocycles. The van der Waals surface area contributed by atoms with Crippen LogP contribution in [0.25, 0.3) is 0 Å². The zero-order valence-electron chi connectivity index (χ0n) is 14.8. The number of hydrogen-bond donors (Lipinski definition) is 4. The molecule has 1 saturated heterocycles. The predicted octanol–water partition coefficient (Wildman–Crippen LogP) is 2.54. The van der Waals surface area contributed by atoms with Crippen molar-refractivity contribution in [1.29, 1.82) is 0 Å². The van der Waals surface area contributed by atoms with E-state index < -0.39 is 0 Å². The Hall–Kier alpha value is -2.08. The first-order valence-electron chi connectivity index (χ1n) is 9.27. The smallest absolute Gasteiger partial charge is 0.319 e. The number of carbonyl (C=O) groups is 2. The molecule has 1 heterocycles. The topological polar surface area (TPSA) is 82.3 Å². The van der Waals surface area contributed by atoms with E-state index in [9.17, 15) is 9.59 Å². The summed E-state index contributed by atoms with van der Waals surface area (Å²) in [6.45, 7) is 4.09. The summed E-state index contributed by atoms with van der Waals surface area (Å²) in [6.07, 6.45) is 4.84. The van der Waals surface area contributed by atoms with Gasteiger partial charge in [0.15, 0.2) is 0 Å². The van der Waals surface area contributed by atoms with Crippen LogP contribution in [0.3, 0.4) is 0 Å². The number of urea groups is 1. The molecule has 3 rings (SSSR count). The zero-order valence-corrected chi connectivity index (χ0v) is 14.8. The van der Waals surface area contributed by atoms with Crippen LogP contribution in [0, 0.1) is 5.92 Å². The van der Waals surface area contributed by atoms with E-state index in [2.05, 4.69) is 21.3 Å². The summed E-state index contributed by atoms with van der Waals surface area (Å²) >= 11 is 0. The monoisotopic (exact) mass is 344 g/mol. The van der Waals surface area contributed by atoms with Crippen LogP contribution in [0.2, 0.25) is 0 Å². The molecule has 2 aliphatic rings. The lowest BCUT2D eigenvalue weighted by Gasteiger charge is -2.16. The summed E-state index contributed by atoms with van der Waals surface area (Å²) in [5.74, 6) is 0.735. The van der Waals surface area contributed by atoms with Crippen molar-refractivity contribution in [3.05, 3.63) is 29.8 Å². The molecule has 2 fully saturated rings. The summed E-state index contributed by atoms with van der Waals surface area (Å²) in [6, 6.07) is 7.77. The van der Waals surface area contributed by atoms with E-state index >= 15 is 0 Å². The van der Waals surface area contributed by atoms with Gasteiger partial charge in [0.25, 0.3) is 0 Å². The van der Waals surface area contributed by atoms with Gasteiger partial charge >= 0.3 is 6.03 Å². The lowest BCUT2D eigenvalue weighted by Crippen LogP contribution is -2.30. The second kappa shape index (κ2) is 8.34. The van der Waals surface area contributed by atoms with Crippen molar-refractivity contribution in [3.63, 3.8) is 0 Å². The van der Waals surface area contributed by atoms with Gasteiger partial charge in [-0.3, -0.25) is 4.79 Å². The molecule has 0 spiro atoms. The highest BCUT2D eigenvalue weighted by molar-refractivity contribution is 5.89. The molecule has 1 saturated carbocycles. The molecule has 4 N–H and O–H groups in total. The van der Waals surface area contributed by atoms with Crippen LogP contribution in [0.5, 0.6) is 0 Å². The third-order valence-corrected chi connectivity index (χ3v) is 4.90. The maximum atomic E-state index is 12.1. The van der Waals surface area contributed by atoms with Gasteiger partial charge in [-0.15, -0.1) is 0 Å². The third-order valence-electron chi connectivity index (χ3n) is 4.90. The first kappa shape index (κ1) is 17.7. The SMILES string of the molecule is CC(NC(=O)CCC1CCNC1)c1ccc(NC(=O)NC2CC2)cc1. The van der Waals surface area contributed by atoms with E-state index in [-0.39, 0.29) is 18.0 Å². The average Bonchev–Trinajstić information content (AvgIpc) is 3.24. The minimum Gasteiger partial charge on any atom is -0.350 e. The van der Waals surface area contributed by atoms with Crippen molar-refractivity contribution < 1.29 is 9.59 Å². The molecule has 1 aliphatic heterocycles. The largest absolute Gasteiger partial charge is 0.350 e. The summed E-state index contributed by atoms with van der Waals surface area (Å²) < 4.78 is 0. The Kier molecular flexibility index (Phi) is 5.91. The fourth-order valence-corrected chi connectivity index (χ4v) is 3.13. The molecular weight excluding hydrogens is 316 g/mol. The number of anilines is 1. The Balaban J connectivity index is 1.42. The number of benzene rings is 1. The maximum absolute atomic E-state index is 12.1. The van der Waals surface area contributed by atoms with E-state index in [1.807, 2.05) is 31.2 Å². The van der Waals surface area contributed by atoms with E-state index in [1.165, 1.54) is 6.42 Å². The molecule has 0 aromatic heterocycles. The Morgan fingerprint density at radius 3 is 2.60 bits per heavy atom. The number of hydrogen-bond acceptors (Lipinski definition) is 3. The zero-order chi connectivity index (χ0) is 17.6. The first-order chi connectivity index (χ1) is 12.1. The number of carbonyl (C=O) groups excluding carboxylic acids is 2. The molecule has 1 aromatic rings. The Morgan fingerprint density at radius 2 is 1.96 bits per heavy atom. The van der Waals surface area contributed by atoms with Gasteiger partial charge in [-0.1, -0.05) is 12.1 Å². The summed E-state index contributed by atoms with van der Waals surface area (Å²) in [5, 5.41) is 12.1. The maximum Gasteiger partial charge on any atom is 0.319 e. The van der Waals surface area contributed by atoms with Crippen molar-refractivity contribution in [2.45, 2.75) is 51.1 Å². The van der Waals surface area contributed by atoms with E-state index in [0.29, 0.717) is 18.4 Å². The van der Waals surface area contributed by atoms with Gasteiger partial charge in [0.1, 0.15) is 0 Å². The normalized spacial score (nSPS) is 20.8. The molecule has 2 unspecified atom stereocenters. The molecule has 2 atom stereocenters. The number of amides is 3. The molecule has 0 radical (unpaired) electrons. The van der Waals surface area contributed by atoms with Crippen LogP contribution >= 0.6 is 0 Å². The molecule has 3 amide bonds. The van der Waals surface area contributed by atoms with Crippen molar-refractivity contribution in [3.8, 4) is 0 Å². The van der Waals surface area contributed by atoms with Gasteiger partial charge in [0.2, 0.25) is 5.91 Å². The summed E-state index contributed by atoms with van der Waals surface area (Å²) in [5.41, 5.74) is 1.79. The third kappa shape index (κ3) is 5.74. The fraction of sp³-hybridized carbons (Fsp3) is 0.579. The standard InChI is InChI=1S/C19H28N4O2/c1-13(21-18(24)9-2-14-10-11-20-12-14)15-3-5-16(6-4-15)22-19(25)23-17-7-8-17/h3-6,13-14,17,20H,2,7-12H2,1H3,(H,21,24)(H2,22,23,25). The highest BCUT2D eigenvalue weighted by atomic mass is 16.2. The highest BCUT2D eigenvalue weighted by Crippen LogP contribution is 2.20. The Bertz CT molecular complexity index is 592. The number of nitrogens with one attached hydrogen (secondary N) is 4. The molecule has 1 aromatic carbocycles. The second-order valence-corrected chi connectivity index (χ2v) is 7.18. The minimum atomic E-state index is -0.155. The Labute approximate surface area is 149 Å². The van der Waals surface area contributed by atoms with Gasteiger partial charge in [0.05, 0.1) is 6.04 Å². The van der Waals surface area contributed by atoms with Crippen LogP contribution in [0.1, 0.15) is 50.6 Å². The second-order valence-electron chi connectivity index (χ2n) is 7.18. The van der Waals surface area contributed by atoms with Crippen LogP contribution in [0.4, 0.5) is 10.5 Å². The molecule has 136 valence electrons. The van der Waals surface area contributed by atoms with Crippen molar-refractivity contribution in [2.75, 3.05) is 18.4 Å². The van der Waals surface area contributed by atoms with Crippen molar-refractivity contribution in [1.82, 2.24) is 16.0 Å². The summed E-state index contributed by atoms with van der Waals surface area (Å²) in [4.78, 5) is 23.8. The highest BCUT2D eigenvalue weighted by Gasteiger charge is 2.23. The van der Waals surface area contributed by atoms with Crippen molar-refractivity contribution in [2.24, 2.45) is 5.92 Å². The van der Waals surface area contributed by atoms with Crippen LogP contribution in [-0.2, 0) is 4.79 Å². The average molecular weight is 344 g/mol. The van der Waals surface area contributed by atoms with Gasteiger partial charge in [0, 0.05) is 18.2 Å². The van der Waals surface area contributed by atoms with Crippen LogP contribution < -0.4 is 21.3 Å². The number of rotatable bonds is 7. The molecule has 6 heteroatoms. The van der Waals surface area contributed by atoms with E-state index in [1.54, 1.807) is 0 Å². The first-order valence-corrected chi connectivity index (χ1v) is 9.27. The predicted molar refractivity (Wildman–Crippen MR) is 98.4 cm³/mol. The van der Waals surface area contributed by atoms with E-state index in [0.717, 1.165) is 43.6 Å². The van der Waals surface area contributed by atoms with Crippen molar-refractivity contribution >= 4 is 17.6 Å². The molecule has 0 bridgehead atoms. The van der Waals surface area contributed by atoms with Gasteiger partial charge in [-0.2, -0.15) is 0 Å².